The monoisotopic (exact) mass is 734 g/mol. The Labute approximate surface area is 314 Å². The van der Waals surface area contributed by atoms with Gasteiger partial charge in [0, 0.05) is 29.2 Å². The normalized spacial score (nSPS) is 11.1. The van der Waals surface area contributed by atoms with Gasteiger partial charge in [-0.1, -0.05) is 92.0 Å². The van der Waals surface area contributed by atoms with Crippen molar-refractivity contribution in [1.29, 1.82) is 0 Å². The Hall–Kier alpha value is -6.13. The van der Waals surface area contributed by atoms with Crippen molar-refractivity contribution in [2.24, 2.45) is 17.4 Å². The van der Waals surface area contributed by atoms with Crippen LogP contribution < -0.4 is 43.7 Å². The molecule has 1 atom stereocenters. The van der Waals surface area contributed by atoms with Gasteiger partial charge in [-0.05, 0) is 64.7 Å². The number of ketones is 1. The maximum absolute atomic E-state index is 13.6. The van der Waals surface area contributed by atoms with Crippen molar-refractivity contribution < 1.29 is 46.0 Å². The fourth-order valence-electron chi connectivity index (χ4n) is 5.99. The van der Waals surface area contributed by atoms with E-state index in [1.54, 1.807) is 24.3 Å². The standard InChI is InChI=1S/C42H42N4O6.ClH/c1-3-23-50-36-20-18-28-11-5-7-16-34(28)38(36)39-35-17-8-6-12-29(35)19-21-37(39)52-27-33(47)26-30(14-10-22-45-42(43)44)40(48)46-32-15-9-13-31(25-32)41(49)51-24-4-2;/h3-9,11-13,15-21,25,30H,1-2,10,14,22-24,26-27H2,(H,46,48)(H4,43,44,45);1H/t30-;/m0./s1. The predicted molar refractivity (Wildman–Crippen MR) is 205 cm³/mol. The van der Waals surface area contributed by atoms with Gasteiger partial charge >= 0.3 is 11.9 Å². The van der Waals surface area contributed by atoms with Crippen LogP contribution >= 0.6 is 0 Å². The van der Waals surface area contributed by atoms with Gasteiger partial charge in [0.05, 0.1) is 12.1 Å². The molecular formula is C42H43ClN4O6. The summed E-state index contributed by atoms with van der Waals surface area (Å²) in [4.78, 5) is 42.5. The quantitative estimate of drug-likeness (QED) is 0.0352. The molecule has 1 amide bonds. The van der Waals surface area contributed by atoms with E-state index in [0.717, 1.165) is 32.7 Å². The van der Waals surface area contributed by atoms with Crippen molar-refractivity contribution in [3.05, 3.63) is 128 Å². The minimum Gasteiger partial charge on any atom is -1.00 e. The van der Waals surface area contributed by atoms with Gasteiger partial charge < -0.3 is 31.9 Å². The van der Waals surface area contributed by atoms with Crippen LogP contribution in [0, 0.1) is 5.92 Å². The maximum Gasteiger partial charge on any atom is 0.338 e. The molecule has 0 fully saturated rings. The molecule has 10 nitrogen and oxygen atoms in total. The summed E-state index contributed by atoms with van der Waals surface area (Å²) in [5, 5.41) is 6.78. The molecule has 0 aromatic heterocycles. The van der Waals surface area contributed by atoms with Crippen molar-refractivity contribution in [3.63, 3.8) is 0 Å². The number of fused-ring (bicyclic) bond motifs is 2. The molecule has 0 saturated heterocycles. The molecule has 11 heteroatoms. The first kappa shape index (κ1) is 39.7. The molecule has 0 aliphatic rings. The molecule has 6 N–H and O–H groups in total. The van der Waals surface area contributed by atoms with Gasteiger partial charge in [-0.2, -0.15) is 0 Å². The number of benzene rings is 5. The lowest BCUT2D eigenvalue weighted by Gasteiger charge is -2.20. The third-order valence-corrected chi connectivity index (χ3v) is 8.38. The summed E-state index contributed by atoms with van der Waals surface area (Å²) in [6, 6.07) is 30.2. The Morgan fingerprint density at radius 2 is 1.40 bits per heavy atom. The number of amides is 1. The molecule has 0 unspecified atom stereocenters. The molecule has 0 spiro atoms. The molecule has 0 aliphatic carbocycles. The zero-order valence-electron chi connectivity index (χ0n) is 29.3. The molecule has 0 bridgehead atoms. The fourth-order valence-corrected chi connectivity index (χ4v) is 5.99. The van der Waals surface area contributed by atoms with Crippen LogP contribution in [0.15, 0.2) is 122 Å². The molecule has 0 heterocycles. The fraction of sp³-hybridized carbons (Fsp3) is 0.190. The van der Waals surface area contributed by atoms with E-state index >= 15 is 0 Å². The van der Waals surface area contributed by atoms with Crippen molar-refractivity contribution in [1.82, 2.24) is 0 Å². The predicted octanol–water partition coefficient (Wildman–Crippen LogP) is 2.30. The number of guanidine groups is 1. The van der Waals surface area contributed by atoms with E-state index in [0.29, 0.717) is 43.2 Å². The van der Waals surface area contributed by atoms with Crippen LogP contribution in [0.5, 0.6) is 11.5 Å². The third kappa shape index (κ3) is 10.5. The average Bonchev–Trinajstić information content (AvgIpc) is 3.16. The van der Waals surface area contributed by atoms with Crippen LogP contribution in [-0.4, -0.2) is 50.0 Å². The van der Waals surface area contributed by atoms with Crippen molar-refractivity contribution in [2.45, 2.75) is 19.3 Å². The molecule has 0 saturated carbocycles. The van der Waals surface area contributed by atoms with Crippen LogP contribution in [0.3, 0.4) is 0 Å². The first-order valence-corrected chi connectivity index (χ1v) is 17.0. The lowest BCUT2D eigenvalue weighted by Crippen LogP contribution is -3.00. The van der Waals surface area contributed by atoms with E-state index in [2.05, 4.69) is 23.5 Å². The van der Waals surface area contributed by atoms with Gasteiger partial charge in [0.1, 0.15) is 31.3 Å². The van der Waals surface area contributed by atoms with E-state index in [4.69, 9.17) is 25.7 Å². The second kappa shape index (κ2) is 19.5. The first-order chi connectivity index (χ1) is 25.3. The van der Waals surface area contributed by atoms with Crippen LogP contribution in [0.2, 0.25) is 0 Å². The molecule has 274 valence electrons. The molecule has 5 aromatic rings. The number of esters is 1. The number of anilines is 1. The minimum absolute atomic E-state index is 0. The lowest BCUT2D eigenvalue weighted by atomic mass is 9.92. The van der Waals surface area contributed by atoms with Crippen molar-refractivity contribution in [2.75, 3.05) is 31.7 Å². The zero-order valence-corrected chi connectivity index (χ0v) is 30.1. The van der Waals surface area contributed by atoms with Gasteiger partial charge in [0.25, 0.3) is 0 Å². The summed E-state index contributed by atoms with van der Waals surface area (Å²) >= 11 is 0. The smallest absolute Gasteiger partial charge is 0.338 e. The Morgan fingerprint density at radius 1 is 0.774 bits per heavy atom. The number of Topliss-reactive ketones (excluding diaryl/α,β-unsaturated/α-hetero) is 1. The van der Waals surface area contributed by atoms with E-state index in [1.807, 2.05) is 72.8 Å². The van der Waals surface area contributed by atoms with Gasteiger partial charge in [-0.25, -0.2) is 4.79 Å². The second-order valence-electron chi connectivity index (χ2n) is 12.1. The molecule has 53 heavy (non-hydrogen) atoms. The molecule has 0 aliphatic heterocycles. The van der Waals surface area contributed by atoms with Crippen LogP contribution in [0.4, 0.5) is 5.69 Å². The highest BCUT2D eigenvalue weighted by molar-refractivity contribution is 6.10. The molecule has 0 radical (unpaired) electrons. The van der Waals surface area contributed by atoms with Crippen molar-refractivity contribution in [3.8, 4) is 22.6 Å². The van der Waals surface area contributed by atoms with Crippen LogP contribution in [-0.2, 0) is 14.3 Å². The number of halogens is 1. The van der Waals surface area contributed by atoms with Crippen molar-refractivity contribution >= 4 is 50.9 Å². The van der Waals surface area contributed by atoms with Gasteiger partial charge in [0.15, 0.2) is 5.78 Å². The summed E-state index contributed by atoms with van der Waals surface area (Å²) in [5.74, 6) is -0.656. The van der Waals surface area contributed by atoms with Gasteiger partial charge in [-0.15, -0.1) is 0 Å². The number of hydrogen-bond acceptors (Lipinski definition) is 6. The van der Waals surface area contributed by atoms with E-state index in [-0.39, 0.29) is 55.3 Å². The SMILES string of the molecule is C=CCOC(=O)c1cccc(NC(=O)[C@@H](CCC[NH+]=C(N)N)CC(=O)COc2ccc3ccccc3c2-c2c(OCC=C)ccc3ccccc23)c1.[Cl-]. The number of nitrogens with two attached hydrogens (primary N) is 2. The maximum atomic E-state index is 13.6. The zero-order chi connectivity index (χ0) is 36.9. The Morgan fingerprint density at radius 3 is 2.02 bits per heavy atom. The Kier molecular flexibility index (Phi) is 14.6. The lowest BCUT2D eigenvalue weighted by molar-refractivity contribution is -0.459. The number of carbonyl (C=O) groups excluding carboxylic acids is 3. The number of ether oxygens (including phenoxy) is 3. The van der Waals surface area contributed by atoms with Gasteiger partial charge in [0.2, 0.25) is 5.91 Å². The van der Waals surface area contributed by atoms with Crippen LogP contribution in [0.25, 0.3) is 32.7 Å². The molecule has 5 rings (SSSR count). The van der Waals surface area contributed by atoms with E-state index in [1.165, 1.54) is 12.1 Å². The topological polar surface area (TPSA) is 157 Å². The number of carbonyl (C=O) groups is 3. The Balaban J connectivity index is 0.00000627. The number of rotatable bonds is 18. The molecule has 5 aromatic carbocycles. The largest absolute Gasteiger partial charge is 1.00 e. The third-order valence-electron chi connectivity index (χ3n) is 8.38. The summed E-state index contributed by atoms with van der Waals surface area (Å²) in [7, 11) is 0. The highest BCUT2D eigenvalue weighted by Crippen LogP contribution is 2.45. The molecular weight excluding hydrogens is 692 g/mol. The summed E-state index contributed by atoms with van der Waals surface area (Å²) < 4.78 is 17.6. The average molecular weight is 735 g/mol. The van der Waals surface area contributed by atoms with E-state index < -0.39 is 11.9 Å². The number of hydrogen-bond donors (Lipinski definition) is 4. The number of nitrogens with one attached hydrogen (secondary N) is 2. The summed E-state index contributed by atoms with van der Waals surface area (Å²) in [6.07, 6.45) is 3.96. The minimum atomic E-state index is -0.707. The highest BCUT2D eigenvalue weighted by Gasteiger charge is 2.24. The highest BCUT2D eigenvalue weighted by atomic mass is 35.5. The van der Waals surface area contributed by atoms with Crippen LogP contribution in [0.1, 0.15) is 29.6 Å². The first-order valence-electron chi connectivity index (χ1n) is 17.0. The van der Waals surface area contributed by atoms with Gasteiger partial charge in [-0.3, -0.25) is 26.0 Å². The van der Waals surface area contributed by atoms with E-state index in [9.17, 15) is 14.4 Å². The summed E-state index contributed by atoms with van der Waals surface area (Å²) in [5.41, 5.74) is 13.4. The Bertz CT molecular complexity index is 2130. The summed E-state index contributed by atoms with van der Waals surface area (Å²) in [6.45, 7) is 7.89. The second-order valence-corrected chi connectivity index (χ2v) is 12.1.